The molecule has 1 aromatic carbocycles. The lowest BCUT2D eigenvalue weighted by atomic mass is 10.1. The van der Waals surface area contributed by atoms with Crippen LogP contribution in [-0.2, 0) is 6.54 Å². The Balaban J connectivity index is 1.39. The number of nitrogens with one attached hydrogen (secondary N) is 1. The van der Waals surface area contributed by atoms with Crippen LogP contribution in [0.25, 0.3) is 20.5 Å². The molecule has 8 heteroatoms. The third-order valence-electron chi connectivity index (χ3n) is 5.32. The topological polar surface area (TPSA) is 69.0 Å². The highest BCUT2D eigenvalue weighted by Gasteiger charge is 2.16. The van der Waals surface area contributed by atoms with Crippen molar-refractivity contribution in [2.75, 3.05) is 13.1 Å². The van der Waals surface area contributed by atoms with Crippen molar-refractivity contribution in [1.82, 2.24) is 20.1 Å². The van der Waals surface area contributed by atoms with Crippen LogP contribution < -0.4 is 15.6 Å². The average molecular weight is 453 g/mol. The van der Waals surface area contributed by atoms with Crippen molar-refractivity contribution < 1.29 is 4.74 Å². The summed E-state index contributed by atoms with van der Waals surface area (Å²) in [5.41, 5.74) is 1.66. The number of hydrogen-bond donors (Lipinski definition) is 1. The Hall–Kier alpha value is -2.74. The van der Waals surface area contributed by atoms with E-state index in [-0.39, 0.29) is 11.7 Å². The van der Waals surface area contributed by atoms with Gasteiger partial charge in [-0.25, -0.2) is 9.67 Å². The number of ether oxygens (including phenoxy) is 1. The van der Waals surface area contributed by atoms with Crippen molar-refractivity contribution >= 4 is 33.0 Å². The minimum Gasteiger partial charge on any atom is -0.474 e. The highest BCUT2D eigenvalue weighted by atomic mass is 35.5. The van der Waals surface area contributed by atoms with Gasteiger partial charge in [-0.1, -0.05) is 29.8 Å². The average Bonchev–Trinajstić information content (AvgIpc) is 3.22. The minimum absolute atomic E-state index is 0.116. The monoisotopic (exact) mass is 452 g/mol. The molecule has 0 radical (unpaired) electrons. The molecule has 3 aromatic heterocycles. The summed E-state index contributed by atoms with van der Waals surface area (Å²) in [6.07, 6.45) is 3.86. The van der Waals surface area contributed by atoms with Gasteiger partial charge in [-0.15, -0.1) is 11.3 Å². The molecule has 1 aliphatic heterocycles. The highest BCUT2D eigenvalue weighted by Crippen LogP contribution is 2.32. The number of hydrogen-bond acceptors (Lipinski definition) is 6. The summed E-state index contributed by atoms with van der Waals surface area (Å²) >= 11 is 7.46. The molecule has 1 saturated heterocycles. The fourth-order valence-corrected chi connectivity index (χ4v) is 4.90. The maximum Gasteiger partial charge on any atom is 0.285 e. The summed E-state index contributed by atoms with van der Waals surface area (Å²) in [4.78, 5) is 18.7. The molecule has 1 aliphatic rings. The maximum atomic E-state index is 13.1. The second kappa shape index (κ2) is 8.78. The fourth-order valence-electron chi connectivity index (χ4n) is 3.69. The predicted molar refractivity (Wildman–Crippen MR) is 124 cm³/mol. The molecule has 5 rings (SSSR count). The Labute approximate surface area is 188 Å². The highest BCUT2D eigenvalue weighted by molar-refractivity contribution is 7.22. The van der Waals surface area contributed by atoms with Gasteiger partial charge in [-0.2, -0.15) is 5.10 Å². The van der Waals surface area contributed by atoms with Crippen LogP contribution in [0, 0.1) is 0 Å². The standard InChI is InChI=1S/C23H21ClN4O2S/c24-17-6-4-15(5-7-17)20-12-16-13-26-28(23(29)22(16)31-20)14-18-2-1-3-21(27-18)30-19-8-10-25-11-9-19/h1-7,12-13,19,25H,8-11,14H2. The molecular weight excluding hydrogens is 432 g/mol. The lowest BCUT2D eigenvalue weighted by Crippen LogP contribution is -2.34. The second-order valence-electron chi connectivity index (χ2n) is 7.54. The van der Waals surface area contributed by atoms with Crippen molar-refractivity contribution in [2.45, 2.75) is 25.5 Å². The van der Waals surface area contributed by atoms with Crippen LogP contribution in [0.2, 0.25) is 5.02 Å². The number of benzene rings is 1. The van der Waals surface area contributed by atoms with E-state index in [0.29, 0.717) is 22.1 Å². The van der Waals surface area contributed by atoms with Gasteiger partial charge in [0.05, 0.1) is 18.4 Å². The number of halogens is 1. The third-order valence-corrected chi connectivity index (χ3v) is 6.76. The molecule has 1 N–H and O–H groups in total. The molecule has 0 amide bonds. The van der Waals surface area contributed by atoms with Crippen molar-refractivity contribution in [3.63, 3.8) is 0 Å². The Morgan fingerprint density at radius 1 is 1.16 bits per heavy atom. The molecule has 6 nitrogen and oxygen atoms in total. The first-order valence-corrected chi connectivity index (χ1v) is 11.4. The number of piperidine rings is 1. The Morgan fingerprint density at radius 2 is 1.97 bits per heavy atom. The molecule has 4 heterocycles. The molecule has 0 spiro atoms. The third kappa shape index (κ3) is 4.49. The quantitative estimate of drug-likeness (QED) is 0.487. The van der Waals surface area contributed by atoms with Crippen LogP contribution in [0.1, 0.15) is 18.5 Å². The van der Waals surface area contributed by atoms with Gasteiger partial charge in [-0.3, -0.25) is 4.79 Å². The molecule has 0 saturated carbocycles. The SMILES string of the molecule is O=c1c2sc(-c3ccc(Cl)cc3)cc2cnn1Cc1cccc(OC2CCNCC2)n1. The van der Waals surface area contributed by atoms with Crippen molar-refractivity contribution in [1.29, 1.82) is 0 Å². The summed E-state index contributed by atoms with van der Waals surface area (Å²) in [5, 5.41) is 9.22. The zero-order valence-electron chi connectivity index (χ0n) is 16.8. The van der Waals surface area contributed by atoms with Crippen LogP contribution in [0.3, 0.4) is 0 Å². The Morgan fingerprint density at radius 3 is 2.77 bits per heavy atom. The van der Waals surface area contributed by atoms with E-state index >= 15 is 0 Å². The smallest absolute Gasteiger partial charge is 0.285 e. The molecule has 0 bridgehead atoms. The van der Waals surface area contributed by atoms with Crippen LogP contribution >= 0.6 is 22.9 Å². The molecule has 31 heavy (non-hydrogen) atoms. The van der Waals surface area contributed by atoms with E-state index in [1.165, 1.54) is 16.0 Å². The van der Waals surface area contributed by atoms with Crippen LogP contribution in [0.5, 0.6) is 5.88 Å². The minimum atomic E-state index is -0.116. The summed E-state index contributed by atoms with van der Waals surface area (Å²) in [6, 6.07) is 15.3. The largest absolute Gasteiger partial charge is 0.474 e. The maximum absolute atomic E-state index is 13.1. The zero-order valence-corrected chi connectivity index (χ0v) is 18.3. The van der Waals surface area contributed by atoms with Gasteiger partial charge in [0.1, 0.15) is 10.8 Å². The van der Waals surface area contributed by atoms with Gasteiger partial charge < -0.3 is 10.1 Å². The first-order valence-electron chi connectivity index (χ1n) is 10.2. The lowest BCUT2D eigenvalue weighted by molar-refractivity contribution is 0.155. The van der Waals surface area contributed by atoms with Gasteiger partial charge in [0.25, 0.3) is 5.56 Å². The number of rotatable bonds is 5. The van der Waals surface area contributed by atoms with Gasteiger partial charge in [0.15, 0.2) is 0 Å². The number of fused-ring (bicyclic) bond motifs is 1. The molecular formula is C23H21ClN4O2S. The van der Waals surface area contributed by atoms with Crippen molar-refractivity contribution in [3.05, 3.63) is 75.8 Å². The zero-order chi connectivity index (χ0) is 21.2. The Bertz CT molecular complexity index is 1260. The van der Waals surface area contributed by atoms with E-state index in [0.717, 1.165) is 47.5 Å². The van der Waals surface area contributed by atoms with Gasteiger partial charge >= 0.3 is 0 Å². The van der Waals surface area contributed by atoms with E-state index in [2.05, 4.69) is 15.4 Å². The number of aromatic nitrogens is 3. The molecule has 0 unspecified atom stereocenters. The fraction of sp³-hybridized carbons (Fsp3) is 0.261. The van der Waals surface area contributed by atoms with Gasteiger partial charge in [0.2, 0.25) is 5.88 Å². The van der Waals surface area contributed by atoms with Gasteiger partial charge in [0, 0.05) is 21.4 Å². The second-order valence-corrected chi connectivity index (χ2v) is 9.03. The van der Waals surface area contributed by atoms with E-state index in [9.17, 15) is 4.79 Å². The molecule has 0 aliphatic carbocycles. The first-order chi connectivity index (χ1) is 15.2. The molecule has 0 atom stereocenters. The number of nitrogens with zero attached hydrogens (tertiary/aromatic N) is 3. The van der Waals surface area contributed by atoms with Crippen LogP contribution in [0.15, 0.2) is 59.5 Å². The van der Waals surface area contributed by atoms with Crippen molar-refractivity contribution in [3.8, 4) is 16.3 Å². The van der Waals surface area contributed by atoms with E-state index in [1.54, 1.807) is 6.20 Å². The first kappa shape index (κ1) is 20.2. The van der Waals surface area contributed by atoms with Gasteiger partial charge in [-0.05, 0) is 55.8 Å². The Kier molecular flexibility index (Phi) is 5.72. The van der Waals surface area contributed by atoms with Crippen LogP contribution in [0.4, 0.5) is 0 Å². The molecule has 1 fully saturated rings. The molecule has 4 aromatic rings. The lowest BCUT2D eigenvalue weighted by Gasteiger charge is -2.23. The van der Waals surface area contributed by atoms with E-state index in [1.807, 2.05) is 48.5 Å². The van der Waals surface area contributed by atoms with E-state index in [4.69, 9.17) is 16.3 Å². The van der Waals surface area contributed by atoms with E-state index < -0.39 is 0 Å². The van der Waals surface area contributed by atoms with Crippen molar-refractivity contribution in [2.24, 2.45) is 0 Å². The summed E-state index contributed by atoms with van der Waals surface area (Å²) in [5.74, 6) is 0.597. The number of pyridine rings is 1. The summed E-state index contributed by atoms with van der Waals surface area (Å²) in [6.45, 7) is 2.22. The molecule has 158 valence electrons. The summed E-state index contributed by atoms with van der Waals surface area (Å²) < 4.78 is 8.17. The van der Waals surface area contributed by atoms with Crippen LogP contribution in [-0.4, -0.2) is 34.0 Å². The summed E-state index contributed by atoms with van der Waals surface area (Å²) in [7, 11) is 0. The number of thiophene rings is 1. The normalized spacial score (nSPS) is 14.7. The predicted octanol–water partition coefficient (Wildman–Crippen LogP) is 4.35.